The summed E-state index contributed by atoms with van der Waals surface area (Å²) in [6.07, 6.45) is 3.54. The first-order valence-corrected chi connectivity index (χ1v) is 6.89. The fraction of sp³-hybridized carbons (Fsp3) is 0.294. The lowest BCUT2D eigenvalue weighted by atomic mass is 10.0. The Hall–Kier alpha value is -2.00. The Labute approximate surface area is 120 Å². The first kappa shape index (κ1) is 14.4. The largest absolute Gasteiger partial charge is 0.306 e. The third-order valence-corrected chi connectivity index (χ3v) is 3.24. The summed E-state index contributed by atoms with van der Waals surface area (Å²) in [6.45, 7) is 5.29. The second-order valence-corrected chi connectivity index (χ2v) is 5.16. The minimum atomic E-state index is 0.115. The van der Waals surface area contributed by atoms with Crippen molar-refractivity contribution in [2.75, 3.05) is 6.54 Å². The van der Waals surface area contributed by atoms with Gasteiger partial charge in [0.2, 0.25) is 0 Å². The Balaban J connectivity index is 1.85. The van der Waals surface area contributed by atoms with E-state index in [-0.39, 0.29) is 5.78 Å². The van der Waals surface area contributed by atoms with E-state index < -0.39 is 0 Å². The third kappa shape index (κ3) is 4.00. The summed E-state index contributed by atoms with van der Waals surface area (Å²) < 4.78 is 0. The van der Waals surface area contributed by atoms with Gasteiger partial charge in [-0.3, -0.25) is 9.78 Å². The van der Waals surface area contributed by atoms with Gasteiger partial charge >= 0.3 is 0 Å². The second-order valence-electron chi connectivity index (χ2n) is 5.16. The monoisotopic (exact) mass is 268 g/mol. The smallest absolute Gasteiger partial charge is 0.176 e. The van der Waals surface area contributed by atoms with Crippen LogP contribution in [0.25, 0.3) is 0 Å². The molecule has 2 rings (SSSR count). The lowest BCUT2D eigenvalue weighted by Gasteiger charge is -2.07. The summed E-state index contributed by atoms with van der Waals surface area (Å²) in [5, 5.41) is 3.15. The molecule has 1 aromatic carbocycles. The highest BCUT2D eigenvalue weighted by atomic mass is 16.1. The SMILES string of the molecule is CC(C)c1ccc(C(=O)CNCc2cccnc2)cc1. The summed E-state index contributed by atoms with van der Waals surface area (Å²) in [5.41, 5.74) is 3.09. The Kier molecular flexibility index (Phi) is 5.02. The summed E-state index contributed by atoms with van der Waals surface area (Å²) in [4.78, 5) is 16.1. The van der Waals surface area contributed by atoms with Gasteiger partial charge in [-0.15, -0.1) is 0 Å². The molecule has 0 aliphatic rings. The molecular formula is C17H20N2O. The van der Waals surface area contributed by atoms with Gasteiger partial charge in [0.25, 0.3) is 0 Å². The van der Waals surface area contributed by atoms with Crippen molar-refractivity contribution in [3.8, 4) is 0 Å². The number of carbonyl (C=O) groups excluding carboxylic acids is 1. The van der Waals surface area contributed by atoms with Gasteiger partial charge in [-0.25, -0.2) is 0 Å². The molecule has 0 aliphatic heterocycles. The maximum atomic E-state index is 12.0. The molecule has 1 aromatic heterocycles. The van der Waals surface area contributed by atoms with Crippen molar-refractivity contribution in [1.82, 2.24) is 10.3 Å². The standard InChI is InChI=1S/C17H20N2O/c1-13(2)15-5-7-16(8-6-15)17(20)12-19-11-14-4-3-9-18-10-14/h3-10,13,19H,11-12H2,1-2H3. The molecule has 0 aliphatic carbocycles. The van der Waals surface area contributed by atoms with Gasteiger partial charge < -0.3 is 5.32 Å². The summed E-state index contributed by atoms with van der Waals surface area (Å²) in [5.74, 6) is 0.604. The number of nitrogens with one attached hydrogen (secondary N) is 1. The first-order chi connectivity index (χ1) is 9.66. The molecule has 0 amide bonds. The van der Waals surface area contributed by atoms with E-state index in [1.807, 2.05) is 36.4 Å². The number of aromatic nitrogens is 1. The van der Waals surface area contributed by atoms with Crippen LogP contribution in [0.3, 0.4) is 0 Å². The maximum Gasteiger partial charge on any atom is 0.176 e. The predicted molar refractivity (Wildman–Crippen MR) is 80.8 cm³/mol. The Morgan fingerprint density at radius 2 is 1.95 bits per heavy atom. The lowest BCUT2D eigenvalue weighted by molar-refractivity contribution is 0.0991. The molecule has 0 bridgehead atoms. The molecule has 0 fully saturated rings. The van der Waals surface area contributed by atoms with Gasteiger partial charge in [0.05, 0.1) is 6.54 Å². The van der Waals surface area contributed by atoms with Crippen molar-refractivity contribution in [3.05, 3.63) is 65.5 Å². The van der Waals surface area contributed by atoms with Gasteiger partial charge in [0, 0.05) is 24.5 Å². The van der Waals surface area contributed by atoms with Gasteiger partial charge in [-0.2, -0.15) is 0 Å². The molecule has 2 aromatic rings. The number of hydrogen-bond acceptors (Lipinski definition) is 3. The van der Waals surface area contributed by atoms with Crippen LogP contribution < -0.4 is 5.32 Å². The van der Waals surface area contributed by atoms with Crippen molar-refractivity contribution in [2.45, 2.75) is 26.3 Å². The lowest BCUT2D eigenvalue weighted by Crippen LogP contribution is -2.22. The predicted octanol–water partition coefficient (Wildman–Crippen LogP) is 3.18. The molecular weight excluding hydrogens is 248 g/mol. The molecule has 0 unspecified atom stereocenters. The molecule has 1 N–H and O–H groups in total. The second kappa shape index (κ2) is 6.96. The summed E-state index contributed by atoms with van der Waals surface area (Å²) in [7, 11) is 0. The molecule has 0 saturated heterocycles. The van der Waals surface area contributed by atoms with Crippen LogP contribution in [0.2, 0.25) is 0 Å². The van der Waals surface area contributed by atoms with Gasteiger partial charge in [-0.1, -0.05) is 44.2 Å². The number of Topliss-reactive ketones (excluding diaryl/α,β-unsaturated/α-hetero) is 1. The fourth-order valence-electron chi connectivity index (χ4n) is 1.98. The van der Waals surface area contributed by atoms with E-state index in [0.717, 1.165) is 11.1 Å². The van der Waals surface area contributed by atoms with E-state index in [1.165, 1.54) is 5.56 Å². The number of carbonyl (C=O) groups is 1. The minimum Gasteiger partial charge on any atom is -0.306 e. The molecule has 3 nitrogen and oxygen atoms in total. The molecule has 3 heteroatoms. The summed E-state index contributed by atoms with van der Waals surface area (Å²) in [6, 6.07) is 11.7. The van der Waals surface area contributed by atoms with Crippen molar-refractivity contribution in [3.63, 3.8) is 0 Å². The zero-order valence-electron chi connectivity index (χ0n) is 12.0. The van der Waals surface area contributed by atoms with Crippen LogP contribution in [0.1, 0.15) is 41.3 Å². The highest BCUT2D eigenvalue weighted by Gasteiger charge is 2.06. The van der Waals surface area contributed by atoms with Crippen LogP contribution >= 0.6 is 0 Å². The number of nitrogens with zero attached hydrogens (tertiary/aromatic N) is 1. The van der Waals surface area contributed by atoms with E-state index >= 15 is 0 Å². The van der Waals surface area contributed by atoms with Crippen molar-refractivity contribution in [1.29, 1.82) is 0 Å². The summed E-state index contributed by atoms with van der Waals surface area (Å²) >= 11 is 0. The van der Waals surface area contributed by atoms with Gasteiger partial charge in [0.15, 0.2) is 5.78 Å². The topological polar surface area (TPSA) is 42.0 Å². The van der Waals surface area contributed by atoms with Crippen molar-refractivity contribution < 1.29 is 4.79 Å². The first-order valence-electron chi connectivity index (χ1n) is 6.89. The van der Waals surface area contributed by atoms with E-state index in [4.69, 9.17) is 0 Å². The van der Waals surface area contributed by atoms with Crippen LogP contribution in [0.5, 0.6) is 0 Å². The van der Waals surface area contributed by atoms with E-state index in [0.29, 0.717) is 19.0 Å². The van der Waals surface area contributed by atoms with Gasteiger partial charge in [0.1, 0.15) is 0 Å². The Morgan fingerprint density at radius 1 is 1.20 bits per heavy atom. The highest BCUT2D eigenvalue weighted by molar-refractivity contribution is 5.97. The molecule has 0 spiro atoms. The molecule has 0 atom stereocenters. The van der Waals surface area contributed by atoms with Crippen LogP contribution in [0.15, 0.2) is 48.8 Å². The quantitative estimate of drug-likeness (QED) is 0.818. The van der Waals surface area contributed by atoms with E-state index in [9.17, 15) is 4.79 Å². The third-order valence-electron chi connectivity index (χ3n) is 3.24. The van der Waals surface area contributed by atoms with E-state index in [1.54, 1.807) is 12.4 Å². The minimum absolute atomic E-state index is 0.115. The zero-order chi connectivity index (χ0) is 14.4. The van der Waals surface area contributed by atoms with Crippen LogP contribution in [0.4, 0.5) is 0 Å². The van der Waals surface area contributed by atoms with Crippen LogP contribution in [-0.2, 0) is 6.54 Å². The highest BCUT2D eigenvalue weighted by Crippen LogP contribution is 2.14. The maximum absolute atomic E-state index is 12.0. The van der Waals surface area contributed by atoms with Crippen LogP contribution in [0, 0.1) is 0 Å². The van der Waals surface area contributed by atoms with Crippen molar-refractivity contribution >= 4 is 5.78 Å². The molecule has 20 heavy (non-hydrogen) atoms. The number of rotatable bonds is 6. The number of pyridine rings is 1. The average molecular weight is 268 g/mol. The number of benzene rings is 1. The molecule has 104 valence electrons. The normalized spacial score (nSPS) is 10.8. The fourth-order valence-corrected chi connectivity index (χ4v) is 1.98. The number of ketones is 1. The Morgan fingerprint density at radius 3 is 2.55 bits per heavy atom. The zero-order valence-corrected chi connectivity index (χ0v) is 12.0. The molecule has 0 radical (unpaired) electrons. The average Bonchev–Trinajstić information content (AvgIpc) is 2.48. The Bertz CT molecular complexity index is 547. The molecule has 0 saturated carbocycles. The van der Waals surface area contributed by atoms with Crippen molar-refractivity contribution in [2.24, 2.45) is 0 Å². The number of hydrogen-bond donors (Lipinski definition) is 1. The van der Waals surface area contributed by atoms with Crippen LogP contribution in [-0.4, -0.2) is 17.3 Å². The molecule has 1 heterocycles. The van der Waals surface area contributed by atoms with E-state index in [2.05, 4.69) is 24.1 Å². The van der Waals surface area contributed by atoms with Gasteiger partial charge in [-0.05, 0) is 23.1 Å².